The summed E-state index contributed by atoms with van der Waals surface area (Å²) in [6, 6.07) is 6.26. The summed E-state index contributed by atoms with van der Waals surface area (Å²) in [5.74, 6) is 1.18. The van der Waals surface area contributed by atoms with Crippen LogP contribution < -0.4 is 10.1 Å². The highest BCUT2D eigenvalue weighted by Crippen LogP contribution is 2.40. The van der Waals surface area contributed by atoms with Crippen molar-refractivity contribution in [3.63, 3.8) is 0 Å². The minimum atomic E-state index is 0.0278. The minimum Gasteiger partial charge on any atom is -0.489 e. The maximum atomic E-state index is 12.6. The van der Waals surface area contributed by atoms with Gasteiger partial charge in [0.25, 0.3) is 5.91 Å². The Hall–Kier alpha value is -1.51. The molecule has 3 rings (SSSR count). The van der Waals surface area contributed by atoms with Crippen LogP contribution in [0, 0.1) is 0 Å². The third kappa shape index (κ3) is 2.92. The van der Waals surface area contributed by atoms with Crippen LogP contribution in [0.25, 0.3) is 0 Å². The molecule has 0 spiro atoms. The van der Waals surface area contributed by atoms with E-state index in [0.717, 1.165) is 24.2 Å². The first-order chi connectivity index (χ1) is 10.2. The fourth-order valence-electron chi connectivity index (χ4n) is 3.45. The van der Waals surface area contributed by atoms with Gasteiger partial charge >= 0.3 is 0 Å². The Balaban J connectivity index is 1.76. The van der Waals surface area contributed by atoms with Gasteiger partial charge in [0.1, 0.15) is 11.9 Å². The predicted octanol–water partition coefficient (Wildman–Crippen LogP) is 4.02. The van der Waals surface area contributed by atoms with E-state index in [0.29, 0.717) is 17.5 Å². The number of carbonyl (C=O) groups is 1. The zero-order valence-corrected chi connectivity index (χ0v) is 13.0. The number of nitrogens with one attached hydrogen (secondary N) is 1. The number of hydrogen-bond donors (Lipinski definition) is 1. The molecule has 1 amide bonds. The van der Waals surface area contributed by atoms with E-state index in [2.05, 4.69) is 25.2 Å². The molecule has 1 aromatic carbocycles. The Morgan fingerprint density at radius 1 is 1.14 bits per heavy atom. The Labute approximate surface area is 127 Å². The quantitative estimate of drug-likeness (QED) is 0.834. The Morgan fingerprint density at radius 3 is 2.57 bits per heavy atom. The van der Waals surface area contributed by atoms with Gasteiger partial charge in [0.15, 0.2) is 0 Å². The Morgan fingerprint density at radius 2 is 1.86 bits per heavy atom. The molecule has 3 nitrogen and oxygen atoms in total. The molecular formula is C18H25NO2. The Kier molecular flexibility index (Phi) is 4.18. The van der Waals surface area contributed by atoms with E-state index in [-0.39, 0.29) is 12.0 Å². The van der Waals surface area contributed by atoms with Gasteiger partial charge in [0.05, 0.1) is 5.56 Å². The SMILES string of the molecule is CC1Oc2c(C(=O)NC3CCCCCC3)cccc2C1C. The summed E-state index contributed by atoms with van der Waals surface area (Å²) in [5.41, 5.74) is 1.86. The van der Waals surface area contributed by atoms with Crippen molar-refractivity contribution in [2.24, 2.45) is 0 Å². The van der Waals surface area contributed by atoms with Crippen LogP contribution in [-0.4, -0.2) is 18.1 Å². The highest BCUT2D eigenvalue weighted by atomic mass is 16.5. The highest BCUT2D eigenvalue weighted by Gasteiger charge is 2.31. The molecule has 0 radical (unpaired) electrons. The molecular weight excluding hydrogens is 262 g/mol. The van der Waals surface area contributed by atoms with Gasteiger partial charge in [-0.1, -0.05) is 44.7 Å². The number of carbonyl (C=O) groups excluding carboxylic acids is 1. The number of para-hydroxylation sites is 1. The lowest BCUT2D eigenvalue weighted by atomic mass is 9.96. The van der Waals surface area contributed by atoms with E-state index in [1.807, 2.05) is 12.1 Å². The molecule has 2 atom stereocenters. The predicted molar refractivity (Wildman–Crippen MR) is 83.9 cm³/mol. The molecule has 1 aromatic rings. The van der Waals surface area contributed by atoms with E-state index in [4.69, 9.17) is 4.74 Å². The standard InChI is InChI=1S/C18H25NO2/c1-12-13(2)21-17-15(12)10-7-11-16(17)18(20)19-14-8-5-3-4-6-9-14/h7,10-14H,3-6,8-9H2,1-2H3,(H,19,20). The molecule has 2 aliphatic rings. The van der Waals surface area contributed by atoms with E-state index in [1.54, 1.807) is 0 Å². The van der Waals surface area contributed by atoms with Crippen LogP contribution in [0.15, 0.2) is 18.2 Å². The first-order valence-electron chi connectivity index (χ1n) is 8.27. The second kappa shape index (κ2) is 6.08. The average Bonchev–Trinajstić information content (AvgIpc) is 2.68. The van der Waals surface area contributed by atoms with Crippen LogP contribution in [0.4, 0.5) is 0 Å². The van der Waals surface area contributed by atoms with Crippen LogP contribution >= 0.6 is 0 Å². The maximum Gasteiger partial charge on any atom is 0.255 e. The fraction of sp³-hybridized carbons (Fsp3) is 0.611. The first-order valence-corrected chi connectivity index (χ1v) is 8.27. The summed E-state index contributed by atoms with van der Waals surface area (Å²) in [4.78, 5) is 12.6. The molecule has 0 aromatic heterocycles. The molecule has 1 N–H and O–H groups in total. The van der Waals surface area contributed by atoms with Gasteiger partial charge in [0, 0.05) is 17.5 Å². The lowest BCUT2D eigenvalue weighted by molar-refractivity contribution is 0.0928. The Bertz CT molecular complexity index is 518. The largest absolute Gasteiger partial charge is 0.489 e. The molecule has 1 aliphatic heterocycles. The average molecular weight is 287 g/mol. The number of fused-ring (bicyclic) bond motifs is 1. The molecule has 0 bridgehead atoms. The van der Waals surface area contributed by atoms with Crippen molar-refractivity contribution in [2.75, 3.05) is 0 Å². The van der Waals surface area contributed by atoms with E-state index in [1.165, 1.54) is 25.7 Å². The van der Waals surface area contributed by atoms with Gasteiger partial charge in [-0.15, -0.1) is 0 Å². The molecule has 2 unspecified atom stereocenters. The van der Waals surface area contributed by atoms with Crippen LogP contribution in [0.5, 0.6) is 5.75 Å². The summed E-state index contributed by atoms with van der Waals surface area (Å²) in [5, 5.41) is 3.22. The second-order valence-corrected chi connectivity index (χ2v) is 6.50. The van der Waals surface area contributed by atoms with Gasteiger partial charge in [-0.2, -0.15) is 0 Å². The number of hydrogen-bond acceptors (Lipinski definition) is 2. The molecule has 114 valence electrons. The van der Waals surface area contributed by atoms with Crippen molar-refractivity contribution in [2.45, 2.75) is 70.4 Å². The molecule has 1 fully saturated rings. The van der Waals surface area contributed by atoms with Crippen molar-refractivity contribution < 1.29 is 9.53 Å². The molecule has 1 aliphatic carbocycles. The molecule has 1 heterocycles. The van der Waals surface area contributed by atoms with Crippen molar-refractivity contribution in [3.8, 4) is 5.75 Å². The highest BCUT2D eigenvalue weighted by molar-refractivity contribution is 5.97. The van der Waals surface area contributed by atoms with Crippen LogP contribution in [0.2, 0.25) is 0 Å². The summed E-state index contributed by atoms with van der Waals surface area (Å²) in [6.45, 7) is 4.22. The number of rotatable bonds is 2. The second-order valence-electron chi connectivity index (χ2n) is 6.50. The third-order valence-electron chi connectivity index (χ3n) is 4.98. The van der Waals surface area contributed by atoms with Crippen molar-refractivity contribution in [1.82, 2.24) is 5.32 Å². The third-order valence-corrected chi connectivity index (χ3v) is 4.98. The van der Waals surface area contributed by atoms with Gasteiger partial charge in [0.2, 0.25) is 0 Å². The van der Waals surface area contributed by atoms with E-state index < -0.39 is 0 Å². The maximum absolute atomic E-state index is 12.6. The van der Waals surface area contributed by atoms with Crippen LogP contribution in [0.3, 0.4) is 0 Å². The zero-order chi connectivity index (χ0) is 14.8. The van der Waals surface area contributed by atoms with Gasteiger partial charge in [-0.3, -0.25) is 4.79 Å². The summed E-state index contributed by atoms with van der Waals surface area (Å²) < 4.78 is 5.92. The van der Waals surface area contributed by atoms with Crippen molar-refractivity contribution in [3.05, 3.63) is 29.3 Å². The molecule has 0 saturated heterocycles. The van der Waals surface area contributed by atoms with Crippen molar-refractivity contribution >= 4 is 5.91 Å². The molecule has 1 saturated carbocycles. The van der Waals surface area contributed by atoms with Crippen LogP contribution in [0.1, 0.15) is 74.2 Å². The van der Waals surface area contributed by atoms with Gasteiger partial charge in [-0.25, -0.2) is 0 Å². The molecule has 3 heteroatoms. The van der Waals surface area contributed by atoms with Crippen molar-refractivity contribution in [1.29, 1.82) is 0 Å². The lowest BCUT2D eigenvalue weighted by Gasteiger charge is -2.17. The topological polar surface area (TPSA) is 38.3 Å². The minimum absolute atomic E-state index is 0.0278. The van der Waals surface area contributed by atoms with E-state index in [9.17, 15) is 4.79 Å². The number of benzene rings is 1. The van der Waals surface area contributed by atoms with Crippen LogP contribution in [-0.2, 0) is 0 Å². The first kappa shape index (κ1) is 14.4. The number of amides is 1. The van der Waals surface area contributed by atoms with E-state index >= 15 is 0 Å². The smallest absolute Gasteiger partial charge is 0.255 e. The van der Waals surface area contributed by atoms with Gasteiger partial charge < -0.3 is 10.1 Å². The summed E-state index contributed by atoms with van der Waals surface area (Å²) in [6.07, 6.45) is 7.40. The summed E-state index contributed by atoms with van der Waals surface area (Å²) in [7, 11) is 0. The monoisotopic (exact) mass is 287 g/mol. The number of ether oxygens (including phenoxy) is 1. The zero-order valence-electron chi connectivity index (χ0n) is 13.0. The molecule has 21 heavy (non-hydrogen) atoms. The normalized spacial score (nSPS) is 25.8. The summed E-state index contributed by atoms with van der Waals surface area (Å²) >= 11 is 0. The fourth-order valence-corrected chi connectivity index (χ4v) is 3.45. The lowest BCUT2D eigenvalue weighted by Crippen LogP contribution is -2.34. The van der Waals surface area contributed by atoms with Gasteiger partial charge in [-0.05, 0) is 25.8 Å².